The standard InChI is InChI=1S/C12H12N2OS2/c1-8-2-3-13-5-9(8)6-14-12(15)11-4-10(16)7-17-11/h2-5,7,16H,6H2,1H3,(H,14,15). The molecular formula is C12H12N2OS2. The topological polar surface area (TPSA) is 42.0 Å². The van der Waals surface area contributed by atoms with E-state index in [1.807, 2.05) is 18.4 Å². The van der Waals surface area contributed by atoms with E-state index in [1.54, 1.807) is 18.5 Å². The maximum absolute atomic E-state index is 11.8. The summed E-state index contributed by atoms with van der Waals surface area (Å²) >= 11 is 5.57. The first-order valence-corrected chi connectivity index (χ1v) is 6.44. The molecule has 3 nitrogen and oxygen atoms in total. The lowest BCUT2D eigenvalue weighted by atomic mass is 10.1. The number of hydrogen-bond donors (Lipinski definition) is 2. The molecule has 1 N–H and O–H groups in total. The predicted octanol–water partition coefficient (Wildman–Crippen LogP) is 2.67. The molecule has 0 bridgehead atoms. The molecule has 0 aromatic carbocycles. The Hall–Kier alpha value is -1.33. The number of pyridine rings is 1. The molecule has 5 heteroatoms. The molecule has 2 aromatic rings. The van der Waals surface area contributed by atoms with Gasteiger partial charge in [-0.1, -0.05) is 0 Å². The molecule has 0 spiro atoms. The highest BCUT2D eigenvalue weighted by Gasteiger charge is 2.08. The molecule has 0 aliphatic carbocycles. The van der Waals surface area contributed by atoms with Gasteiger partial charge in [0, 0.05) is 29.2 Å². The number of carbonyl (C=O) groups excluding carboxylic acids is 1. The number of nitrogens with one attached hydrogen (secondary N) is 1. The van der Waals surface area contributed by atoms with Gasteiger partial charge in [0.15, 0.2) is 0 Å². The number of aromatic nitrogens is 1. The molecule has 2 aromatic heterocycles. The SMILES string of the molecule is Cc1ccncc1CNC(=O)c1cc(S)cs1. The number of thiophene rings is 1. The summed E-state index contributed by atoms with van der Waals surface area (Å²) in [7, 11) is 0. The third kappa shape index (κ3) is 3.08. The Bertz CT molecular complexity index is 537. The lowest BCUT2D eigenvalue weighted by molar-refractivity contribution is 0.0955. The van der Waals surface area contributed by atoms with Crippen LogP contribution >= 0.6 is 24.0 Å². The van der Waals surface area contributed by atoms with Gasteiger partial charge in [0.25, 0.3) is 5.91 Å². The summed E-state index contributed by atoms with van der Waals surface area (Å²) in [5.41, 5.74) is 2.16. The monoisotopic (exact) mass is 264 g/mol. The fraction of sp³-hybridized carbons (Fsp3) is 0.167. The van der Waals surface area contributed by atoms with Gasteiger partial charge in [0.2, 0.25) is 0 Å². The van der Waals surface area contributed by atoms with Gasteiger partial charge < -0.3 is 5.32 Å². The minimum absolute atomic E-state index is 0.0708. The van der Waals surface area contributed by atoms with Crippen LogP contribution in [0.4, 0.5) is 0 Å². The highest BCUT2D eigenvalue weighted by molar-refractivity contribution is 7.80. The predicted molar refractivity (Wildman–Crippen MR) is 71.7 cm³/mol. The highest BCUT2D eigenvalue weighted by atomic mass is 32.1. The van der Waals surface area contributed by atoms with E-state index in [0.717, 1.165) is 16.0 Å². The van der Waals surface area contributed by atoms with E-state index in [1.165, 1.54) is 11.3 Å². The van der Waals surface area contributed by atoms with Gasteiger partial charge >= 0.3 is 0 Å². The first-order valence-electron chi connectivity index (χ1n) is 5.12. The Labute approximate surface area is 109 Å². The van der Waals surface area contributed by atoms with E-state index in [2.05, 4.69) is 22.9 Å². The second-order valence-corrected chi connectivity index (χ2v) is 5.08. The van der Waals surface area contributed by atoms with Gasteiger partial charge in [0.1, 0.15) is 0 Å². The summed E-state index contributed by atoms with van der Waals surface area (Å²) in [6.07, 6.45) is 3.52. The zero-order chi connectivity index (χ0) is 12.3. The maximum Gasteiger partial charge on any atom is 0.261 e. The lowest BCUT2D eigenvalue weighted by Crippen LogP contribution is -2.22. The van der Waals surface area contributed by atoms with Crippen molar-refractivity contribution in [1.29, 1.82) is 0 Å². The molecule has 0 atom stereocenters. The van der Waals surface area contributed by atoms with Crippen LogP contribution < -0.4 is 5.32 Å². The van der Waals surface area contributed by atoms with Gasteiger partial charge in [-0.15, -0.1) is 24.0 Å². The smallest absolute Gasteiger partial charge is 0.261 e. The van der Waals surface area contributed by atoms with Gasteiger partial charge in [-0.3, -0.25) is 9.78 Å². The molecule has 0 fully saturated rings. The number of thiol groups is 1. The Morgan fingerprint density at radius 1 is 1.59 bits per heavy atom. The van der Waals surface area contributed by atoms with E-state index in [-0.39, 0.29) is 5.91 Å². The lowest BCUT2D eigenvalue weighted by Gasteiger charge is -2.05. The molecule has 0 aliphatic rings. The summed E-state index contributed by atoms with van der Waals surface area (Å²) in [6.45, 7) is 2.50. The number of hydrogen-bond acceptors (Lipinski definition) is 4. The Morgan fingerprint density at radius 3 is 3.06 bits per heavy atom. The highest BCUT2D eigenvalue weighted by Crippen LogP contribution is 2.17. The van der Waals surface area contributed by atoms with E-state index < -0.39 is 0 Å². The summed E-state index contributed by atoms with van der Waals surface area (Å²) in [5.74, 6) is -0.0708. The van der Waals surface area contributed by atoms with Crippen molar-refractivity contribution in [2.24, 2.45) is 0 Å². The first-order chi connectivity index (χ1) is 8.16. The fourth-order valence-electron chi connectivity index (χ4n) is 1.39. The largest absolute Gasteiger partial charge is 0.347 e. The van der Waals surface area contributed by atoms with Crippen LogP contribution in [-0.2, 0) is 6.54 Å². The van der Waals surface area contributed by atoms with E-state index in [0.29, 0.717) is 11.4 Å². The number of carbonyl (C=O) groups is 1. The second kappa shape index (κ2) is 5.33. The normalized spacial score (nSPS) is 10.2. The number of nitrogens with zero attached hydrogens (tertiary/aromatic N) is 1. The van der Waals surface area contributed by atoms with Crippen LogP contribution in [0.15, 0.2) is 34.8 Å². The molecule has 2 rings (SSSR count). The van der Waals surface area contributed by atoms with Crippen molar-refractivity contribution in [3.05, 3.63) is 45.9 Å². The molecular weight excluding hydrogens is 252 g/mol. The van der Waals surface area contributed by atoms with Crippen LogP contribution in [0.1, 0.15) is 20.8 Å². The van der Waals surface area contributed by atoms with Crippen LogP contribution in [-0.4, -0.2) is 10.9 Å². The molecule has 0 radical (unpaired) electrons. The molecule has 0 unspecified atom stereocenters. The average Bonchev–Trinajstić information content (AvgIpc) is 2.74. The molecule has 0 aliphatic heterocycles. The first kappa shape index (κ1) is 12.1. The zero-order valence-corrected chi connectivity index (χ0v) is 11.0. The van der Waals surface area contributed by atoms with Crippen LogP contribution in [0.2, 0.25) is 0 Å². The number of rotatable bonds is 3. The Balaban J connectivity index is 1.99. The molecule has 0 saturated heterocycles. The van der Waals surface area contributed by atoms with Crippen LogP contribution in [0.25, 0.3) is 0 Å². The van der Waals surface area contributed by atoms with Crippen LogP contribution in [0.3, 0.4) is 0 Å². The average molecular weight is 264 g/mol. The molecule has 88 valence electrons. The van der Waals surface area contributed by atoms with Crippen LogP contribution in [0, 0.1) is 6.92 Å². The fourth-order valence-corrected chi connectivity index (χ4v) is 2.45. The van der Waals surface area contributed by atoms with Gasteiger partial charge in [-0.2, -0.15) is 0 Å². The minimum atomic E-state index is -0.0708. The van der Waals surface area contributed by atoms with E-state index in [9.17, 15) is 4.79 Å². The summed E-state index contributed by atoms with van der Waals surface area (Å²) < 4.78 is 0. The van der Waals surface area contributed by atoms with Gasteiger partial charge in [-0.05, 0) is 30.2 Å². The third-order valence-corrected chi connectivity index (χ3v) is 3.76. The van der Waals surface area contributed by atoms with Crippen molar-refractivity contribution in [3.8, 4) is 0 Å². The van der Waals surface area contributed by atoms with Crippen molar-refractivity contribution >= 4 is 29.9 Å². The number of aryl methyl sites for hydroxylation is 1. The summed E-state index contributed by atoms with van der Waals surface area (Å²) in [5, 5.41) is 4.71. The van der Waals surface area contributed by atoms with Gasteiger partial charge in [0.05, 0.1) is 4.88 Å². The van der Waals surface area contributed by atoms with E-state index >= 15 is 0 Å². The van der Waals surface area contributed by atoms with E-state index in [4.69, 9.17) is 0 Å². The summed E-state index contributed by atoms with van der Waals surface area (Å²) in [4.78, 5) is 17.3. The molecule has 17 heavy (non-hydrogen) atoms. The second-order valence-electron chi connectivity index (χ2n) is 3.65. The maximum atomic E-state index is 11.8. The molecule has 2 heterocycles. The van der Waals surface area contributed by atoms with Crippen molar-refractivity contribution in [3.63, 3.8) is 0 Å². The van der Waals surface area contributed by atoms with Crippen molar-refractivity contribution in [2.75, 3.05) is 0 Å². The summed E-state index contributed by atoms with van der Waals surface area (Å²) in [6, 6.07) is 3.69. The molecule has 0 saturated carbocycles. The number of amides is 1. The quantitative estimate of drug-likeness (QED) is 0.837. The van der Waals surface area contributed by atoms with Crippen molar-refractivity contribution in [2.45, 2.75) is 18.4 Å². The van der Waals surface area contributed by atoms with Gasteiger partial charge in [-0.25, -0.2) is 0 Å². The van der Waals surface area contributed by atoms with Crippen molar-refractivity contribution < 1.29 is 4.79 Å². The third-order valence-electron chi connectivity index (χ3n) is 2.40. The minimum Gasteiger partial charge on any atom is -0.347 e. The van der Waals surface area contributed by atoms with Crippen LogP contribution in [0.5, 0.6) is 0 Å². The zero-order valence-electron chi connectivity index (χ0n) is 9.30. The molecule has 1 amide bonds. The van der Waals surface area contributed by atoms with Crippen molar-refractivity contribution in [1.82, 2.24) is 10.3 Å². The Morgan fingerprint density at radius 2 is 2.41 bits per heavy atom. The Kier molecular flexibility index (Phi) is 3.81.